The van der Waals surface area contributed by atoms with Crippen LogP contribution in [-0.2, 0) is 6.54 Å². The summed E-state index contributed by atoms with van der Waals surface area (Å²) >= 11 is 1.75. The molecule has 0 aliphatic rings. The van der Waals surface area contributed by atoms with Gasteiger partial charge >= 0.3 is 0 Å². The summed E-state index contributed by atoms with van der Waals surface area (Å²) in [5.74, 6) is 0.549. The van der Waals surface area contributed by atoms with E-state index >= 15 is 0 Å². The molecule has 2 aromatic heterocycles. The van der Waals surface area contributed by atoms with Gasteiger partial charge in [-0.15, -0.1) is 21.5 Å². The molecule has 0 aliphatic heterocycles. The van der Waals surface area contributed by atoms with Gasteiger partial charge in [-0.1, -0.05) is 6.07 Å². The number of benzene rings is 1. The van der Waals surface area contributed by atoms with Crippen molar-refractivity contribution in [3.63, 3.8) is 0 Å². The summed E-state index contributed by atoms with van der Waals surface area (Å²) < 4.78 is 5.19. The first-order chi connectivity index (χ1) is 9.33. The molecule has 0 fully saturated rings. The molecule has 96 valence electrons. The maximum Gasteiger partial charge on any atom is 0.247 e. The number of aromatic nitrogens is 2. The van der Waals surface area contributed by atoms with E-state index in [1.807, 2.05) is 18.2 Å². The maximum absolute atomic E-state index is 5.19. The van der Waals surface area contributed by atoms with Gasteiger partial charge in [-0.05, 0) is 42.1 Å². The zero-order chi connectivity index (χ0) is 13.1. The van der Waals surface area contributed by atoms with Crippen molar-refractivity contribution in [2.24, 2.45) is 0 Å². The van der Waals surface area contributed by atoms with Gasteiger partial charge in [0.2, 0.25) is 12.3 Å². The standard InChI is InChI=1S/C14H13N3OS/c1-10-7-11(14-17-16-9-18-14)4-5-13(10)15-8-12-3-2-6-19-12/h2-7,9,15H,8H2,1H3. The number of hydrogen-bond acceptors (Lipinski definition) is 5. The fourth-order valence-electron chi connectivity index (χ4n) is 1.89. The first kappa shape index (κ1) is 11.9. The summed E-state index contributed by atoms with van der Waals surface area (Å²) in [5.41, 5.74) is 3.22. The lowest BCUT2D eigenvalue weighted by Gasteiger charge is -2.09. The Morgan fingerprint density at radius 2 is 2.26 bits per heavy atom. The predicted molar refractivity (Wildman–Crippen MR) is 76.1 cm³/mol. The second kappa shape index (κ2) is 5.24. The molecule has 0 aliphatic carbocycles. The highest BCUT2D eigenvalue weighted by atomic mass is 32.1. The minimum atomic E-state index is 0.549. The Hall–Kier alpha value is -2.14. The van der Waals surface area contributed by atoms with Crippen LogP contribution in [0.1, 0.15) is 10.4 Å². The molecular weight excluding hydrogens is 258 g/mol. The van der Waals surface area contributed by atoms with E-state index in [9.17, 15) is 0 Å². The second-order valence-corrected chi connectivity index (χ2v) is 5.24. The van der Waals surface area contributed by atoms with Gasteiger partial charge in [-0.2, -0.15) is 0 Å². The predicted octanol–water partition coefficient (Wildman–Crippen LogP) is 3.72. The largest absolute Gasteiger partial charge is 0.423 e. The van der Waals surface area contributed by atoms with Gasteiger partial charge in [0.05, 0.1) is 0 Å². The van der Waals surface area contributed by atoms with E-state index in [0.29, 0.717) is 5.89 Å². The zero-order valence-corrected chi connectivity index (χ0v) is 11.3. The fourth-order valence-corrected chi connectivity index (χ4v) is 2.53. The summed E-state index contributed by atoms with van der Waals surface area (Å²) in [6.45, 7) is 2.91. The van der Waals surface area contributed by atoms with E-state index in [0.717, 1.165) is 23.4 Å². The van der Waals surface area contributed by atoms with Gasteiger partial charge in [0, 0.05) is 22.7 Å². The third-order valence-electron chi connectivity index (χ3n) is 2.87. The molecule has 4 nitrogen and oxygen atoms in total. The number of hydrogen-bond donors (Lipinski definition) is 1. The third kappa shape index (κ3) is 2.66. The van der Waals surface area contributed by atoms with E-state index in [-0.39, 0.29) is 0 Å². The molecule has 0 radical (unpaired) electrons. The molecule has 0 spiro atoms. The fraction of sp³-hybridized carbons (Fsp3) is 0.143. The second-order valence-electron chi connectivity index (χ2n) is 4.21. The highest BCUT2D eigenvalue weighted by Gasteiger charge is 2.06. The average molecular weight is 271 g/mol. The molecular formula is C14H13N3OS. The number of nitrogens with zero attached hydrogens (tertiary/aromatic N) is 2. The monoisotopic (exact) mass is 271 g/mol. The molecule has 0 atom stereocenters. The summed E-state index contributed by atoms with van der Waals surface area (Å²) in [6, 6.07) is 10.3. The third-order valence-corrected chi connectivity index (χ3v) is 3.74. The summed E-state index contributed by atoms with van der Waals surface area (Å²) in [6.07, 6.45) is 1.34. The van der Waals surface area contributed by atoms with Crippen LogP contribution in [0.2, 0.25) is 0 Å². The van der Waals surface area contributed by atoms with E-state index in [1.165, 1.54) is 11.3 Å². The highest BCUT2D eigenvalue weighted by molar-refractivity contribution is 7.09. The Bertz CT molecular complexity index is 647. The van der Waals surface area contributed by atoms with Crippen LogP contribution in [0.3, 0.4) is 0 Å². The van der Waals surface area contributed by atoms with Crippen molar-refractivity contribution in [2.75, 3.05) is 5.32 Å². The van der Waals surface area contributed by atoms with Crippen molar-refractivity contribution in [3.05, 3.63) is 52.5 Å². The smallest absolute Gasteiger partial charge is 0.247 e. The lowest BCUT2D eigenvalue weighted by atomic mass is 10.1. The minimum Gasteiger partial charge on any atom is -0.423 e. The molecule has 2 heterocycles. The Labute approximate surface area is 115 Å². The molecule has 5 heteroatoms. The Balaban J connectivity index is 1.76. The molecule has 0 bridgehead atoms. The van der Waals surface area contributed by atoms with Crippen molar-refractivity contribution in [1.29, 1.82) is 0 Å². The lowest BCUT2D eigenvalue weighted by molar-refractivity contribution is 0.568. The molecule has 19 heavy (non-hydrogen) atoms. The van der Waals surface area contributed by atoms with E-state index in [1.54, 1.807) is 11.3 Å². The SMILES string of the molecule is Cc1cc(-c2nnco2)ccc1NCc1cccs1. The first-order valence-corrected chi connectivity index (χ1v) is 6.84. The van der Waals surface area contributed by atoms with Gasteiger partial charge in [0.25, 0.3) is 0 Å². The van der Waals surface area contributed by atoms with Crippen molar-refractivity contribution in [2.45, 2.75) is 13.5 Å². The van der Waals surface area contributed by atoms with Crippen LogP contribution in [0, 0.1) is 6.92 Å². The average Bonchev–Trinajstić information content (AvgIpc) is 3.10. The van der Waals surface area contributed by atoms with Crippen molar-refractivity contribution in [3.8, 4) is 11.5 Å². The van der Waals surface area contributed by atoms with Crippen LogP contribution >= 0.6 is 11.3 Å². The van der Waals surface area contributed by atoms with Gasteiger partial charge < -0.3 is 9.73 Å². The number of nitrogens with one attached hydrogen (secondary N) is 1. The highest BCUT2D eigenvalue weighted by Crippen LogP contribution is 2.24. The molecule has 3 rings (SSSR count). The van der Waals surface area contributed by atoms with Gasteiger partial charge in [0.15, 0.2) is 0 Å². The van der Waals surface area contributed by atoms with E-state index < -0.39 is 0 Å². The first-order valence-electron chi connectivity index (χ1n) is 5.96. The Morgan fingerprint density at radius 3 is 2.95 bits per heavy atom. The van der Waals surface area contributed by atoms with Crippen LogP contribution < -0.4 is 5.32 Å². The van der Waals surface area contributed by atoms with Crippen LogP contribution in [-0.4, -0.2) is 10.2 Å². The van der Waals surface area contributed by atoms with Gasteiger partial charge in [-0.3, -0.25) is 0 Å². The Morgan fingerprint density at radius 1 is 1.32 bits per heavy atom. The molecule has 0 saturated heterocycles. The van der Waals surface area contributed by atoms with Gasteiger partial charge in [0.1, 0.15) is 0 Å². The normalized spacial score (nSPS) is 10.6. The summed E-state index contributed by atoms with van der Waals surface area (Å²) in [7, 11) is 0. The van der Waals surface area contributed by atoms with E-state index in [2.05, 4.69) is 40.0 Å². The summed E-state index contributed by atoms with van der Waals surface area (Å²) in [4.78, 5) is 1.32. The van der Waals surface area contributed by atoms with Crippen molar-refractivity contribution < 1.29 is 4.42 Å². The van der Waals surface area contributed by atoms with Crippen molar-refractivity contribution in [1.82, 2.24) is 10.2 Å². The molecule has 1 aromatic carbocycles. The number of rotatable bonds is 4. The lowest BCUT2D eigenvalue weighted by Crippen LogP contribution is -1.99. The van der Waals surface area contributed by atoms with Gasteiger partial charge in [-0.25, -0.2) is 0 Å². The molecule has 0 amide bonds. The maximum atomic E-state index is 5.19. The van der Waals surface area contributed by atoms with Crippen molar-refractivity contribution >= 4 is 17.0 Å². The molecule has 1 N–H and O–H groups in total. The molecule has 0 unspecified atom stereocenters. The van der Waals surface area contributed by atoms with Crippen LogP contribution in [0.4, 0.5) is 5.69 Å². The molecule has 0 saturated carbocycles. The minimum absolute atomic E-state index is 0.549. The van der Waals surface area contributed by atoms with Crippen LogP contribution in [0.5, 0.6) is 0 Å². The summed E-state index contributed by atoms with van der Waals surface area (Å²) in [5, 5.41) is 13.1. The van der Waals surface area contributed by atoms with Crippen LogP contribution in [0.25, 0.3) is 11.5 Å². The number of anilines is 1. The van der Waals surface area contributed by atoms with Crippen LogP contribution in [0.15, 0.2) is 46.5 Å². The number of aryl methyl sites for hydroxylation is 1. The van der Waals surface area contributed by atoms with E-state index in [4.69, 9.17) is 4.42 Å². The quantitative estimate of drug-likeness (QED) is 0.785. The zero-order valence-electron chi connectivity index (χ0n) is 10.5. The Kier molecular flexibility index (Phi) is 3.29. The number of thiophene rings is 1. The topological polar surface area (TPSA) is 51.0 Å². The molecule has 3 aromatic rings.